The molecule has 8 heteroatoms. The normalized spacial score (nSPS) is 17.4. The number of sulfonamides is 1. The van der Waals surface area contributed by atoms with Crippen LogP contribution in [0.4, 0.5) is 0 Å². The minimum Gasteiger partial charge on any atom is -0.347 e. The van der Waals surface area contributed by atoms with Crippen molar-refractivity contribution in [2.24, 2.45) is 11.8 Å². The fraction of sp³-hybridized carbons (Fsp3) is 0.600. The highest BCUT2D eigenvalue weighted by Gasteiger charge is 2.34. The molecule has 0 saturated carbocycles. The number of carbonyl (C=O) groups excluding carboxylic acids is 2. The molecule has 0 spiro atoms. The van der Waals surface area contributed by atoms with Gasteiger partial charge in [0.2, 0.25) is 21.8 Å². The molecule has 0 aliphatic carbocycles. The minimum atomic E-state index is -3.55. The van der Waals surface area contributed by atoms with E-state index in [2.05, 4.69) is 5.32 Å². The molecule has 1 aliphatic rings. The second kappa shape index (κ2) is 9.05. The molecule has 1 N–H and O–H groups in total. The number of likely N-dealkylation sites (N-methyl/N-ethyl adjacent to an activating group) is 1. The van der Waals surface area contributed by atoms with Crippen molar-refractivity contribution in [3.63, 3.8) is 0 Å². The van der Waals surface area contributed by atoms with Gasteiger partial charge < -0.3 is 10.2 Å². The maximum Gasteiger partial charge on any atom is 0.244 e. The van der Waals surface area contributed by atoms with Crippen LogP contribution in [-0.4, -0.2) is 62.7 Å². The van der Waals surface area contributed by atoms with Crippen molar-refractivity contribution >= 4 is 21.8 Å². The summed E-state index contributed by atoms with van der Waals surface area (Å²) in [5.41, 5.74) is 1.00. The molecule has 1 atom stereocenters. The zero-order chi connectivity index (χ0) is 21.1. The second-order valence-electron chi connectivity index (χ2n) is 7.95. The first-order valence-corrected chi connectivity index (χ1v) is 11.1. The van der Waals surface area contributed by atoms with E-state index in [0.717, 1.165) is 5.56 Å². The predicted molar refractivity (Wildman–Crippen MR) is 108 cm³/mol. The largest absolute Gasteiger partial charge is 0.347 e. The fourth-order valence-electron chi connectivity index (χ4n) is 3.28. The maximum atomic E-state index is 12.8. The average Bonchev–Trinajstić information content (AvgIpc) is 2.65. The molecule has 1 saturated heterocycles. The summed E-state index contributed by atoms with van der Waals surface area (Å²) in [6.45, 7) is 6.28. The predicted octanol–water partition coefficient (Wildman–Crippen LogP) is 1.62. The highest BCUT2D eigenvalue weighted by atomic mass is 32.2. The second-order valence-corrected chi connectivity index (χ2v) is 9.89. The number of rotatable bonds is 6. The molecule has 0 radical (unpaired) electrons. The lowest BCUT2D eigenvalue weighted by Crippen LogP contribution is -2.52. The van der Waals surface area contributed by atoms with Crippen LogP contribution in [0.3, 0.4) is 0 Å². The third-order valence-electron chi connectivity index (χ3n) is 5.15. The number of nitrogens with zero attached hydrogens (tertiary/aromatic N) is 2. The number of aryl methyl sites for hydroxylation is 1. The SMILES string of the molecule is Cc1ccc(S(=O)(=O)N2CCC(C(=O)NC(C(=O)N(C)C)C(C)C)CC2)cc1. The third kappa shape index (κ3) is 5.11. The molecular weight excluding hydrogens is 378 g/mol. The third-order valence-corrected chi connectivity index (χ3v) is 7.07. The van der Waals surface area contributed by atoms with E-state index in [1.54, 1.807) is 38.4 Å². The Kier molecular flexibility index (Phi) is 7.22. The standard InChI is InChI=1S/C20H31N3O4S/c1-14(2)18(20(25)22(4)5)21-19(24)16-10-12-23(13-11-16)28(26,27)17-8-6-15(3)7-9-17/h6-9,14,16,18H,10-13H2,1-5H3,(H,21,24). The topological polar surface area (TPSA) is 86.8 Å². The van der Waals surface area contributed by atoms with Crippen LogP contribution in [-0.2, 0) is 19.6 Å². The first-order valence-electron chi connectivity index (χ1n) is 9.62. The van der Waals surface area contributed by atoms with Gasteiger partial charge in [0, 0.05) is 33.1 Å². The van der Waals surface area contributed by atoms with Gasteiger partial charge in [-0.1, -0.05) is 31.5 Å². The molecule has 1 heterocycles. The molecule has 1 unspecified atom stereocenters. The molecule has 1 fully saturated rings. The number of nitrogens with one attached hydrogen (secondary N) is 1. The Labute approximate surface area is 168 Å². The summed E-state index contributed by atoms with van der Waals surface area (Å²) in [7, 11) is -0.218. The van der Waals surface area contributed by atoms with Crippen LogP contribution in [0.1, 0.15) is 32.3 Å². The summed E-state index contributed by atoms with van der Waals surface area (Å²) in [5.74, 6) is -0.634. The van der Waals surface area contributed by atoms with Crippen molar-refractivity contribution in [3.05, 3.63) is 29.8 Å². The van der Waals surface area contributed by atoms with E-state index in [4.69, 9.17) is 0 Å². The summed E-state index contributed by atoms with van der Waals surface area (Å²) in [6.07, 6.45) is 0.885. The number of hydrogen-bond donors (Lipinski definition) is 1. The molecule has 1 aromatic rings. The van der Waals surface area contributed by atoms with Gasteiger partial charge in [0.1, 0.15) is 6.04 Å². The van der Waals surface area contributed by atoms with Crippen molar-refractivity contribution in [1.82, 2.24) is 14.5 Å². The minimum absolute atomic E-state index is 0.0270. The van der Waals surface area contributed by atoms with Crippen molar-refractivity contribution in [3.8, 4) is 0 Å². The maximum absolute atomic E-state index is 12.8. The summed E-state index contributed by atoms with van der Waals surface area (Å²) in [4.78, 5) is 26.7. The van der Waals surface area contributed by atoms with Crippen molar-refractivity contribution in [2.75, 3.05) is 27.2 Å². The highest BCUT2D eigenvalue weighted by molar-refractivity contribution is 7.89. The van der Waals surface area contributed by atoms with Crippen molar-refractivity contribution in [2.45, 2.75) is 44.6 Å². The molecule has 1 aromatic carbocycles. The van der Waals surface area contributed by atoms with Crippen LogP contribution in [0.15, 0.2) is 29.2 Å². The van der Waals surface area contributed by atoms with Crippen LogP contribution >= 0.6 is 0 Å². The lowest BCUT2D eigenvalue weighted by Gasteiger charge is -2.32. The molecule has 28 heavy (non-hydrogen) atoms. The molecular formula is C20H31N3O4S. The summed E-state index contributed by atoms with van der Waals surface area (Å²) < 4.78 is 27.0. The Bertz CT molecular complexity index is 795. The number of carbonyl (C=O) groups is 2. The van der Waals surface area contributed by atoms with Gasteiger partial charge >= 0.3 is 0 Å². The molecule has 0 bridgehead atoms. The highest BCUT2D eigenvalue weighted by Crippen LogP contribution is 2.24. The van der Waals surface area contributed by atoms with Gasteiger partial charge in [-0.3, -0.25) is 9.59 Å². The summed E-state index contributed by atoms with van der Waals surface area (Å²) >= 11 is 0. The van der Waals surface area contributed by atoms with Gasteiger partial charge in [-0.25, -0.2) is 8.42 Å². The summed E-state index contributed by atoms with van der Waals surface area (Å²) in [5, 5.41) is 2.86. The Morgan fingerprint density at radius 2 is 1.64 bits per heavy atom. The fourth-order valence-corrected chi connectivity index (χ4v) is 4.75. The number of hydrogen-bond acceptors (Lipinski definition) is 4. The van der Waals surface area contributed by atoms with Crippen LogP contribution in [0.2, 0.25) is 0 Å². The van der Waals surface area contributed by atoms with Crippen LogP contribution in [0.5, 0.6) is 0 Å². The average molecular weight is 410 g/mol. The van der Waals surface area contributed by atoms with E-state index < -0.39 is 16.1 Å². The zero-order valence-electron chi connectivity index (χ0n) is 17.3. The van der Waals surface area contributed by atoms with Crippen molar-refractivity contribution in [1.29, 1.82) is 0 Å². The molecule has 2 rings (SSSR count). The number of piperidine rings is 1. The van der Waals surface area contributed by atoms with E-state index in [1.165, 1.54) is 9.21 Å². The molecule has 1 aliphatic heterocycles. The molecule has 0 aromatic heterocycles. The van der Waals surface area contributed by atoms with Gasteiger partial charge in [0.25, 0.3) is 0 Å². The monoisotopic (exact) mass is 409 g/mol. The van der Waals surface area contributed by atoms with Crippen LogP contribution in [0, 0.1) is 18.8 Å². The molecule has 2 amide bonds. The lowest BCUT2D eigenvalue weighted by molar-refractivity contribution is -0.137. The van der Waals surface area contributed by atoms with Gasteiger partial charge in [-0.15, -0.1) is 0 Å². The molecule has 156 valence electrons. The molecule has 7 nitrogen and oxygen atoms in total. The van der Waals surface area contributed by atoms with Crippen molar-refractivity contribution < 1.29 is 18.0 Å². The lowest BCUT2D eigenvalue weighted by atomic mass is 9.95. The zero-order valence-corrected chi connectivity index (χ0v) is 18.1. The Hall–Kier alpha value is -1.93. The van der Waals surface area contributed by atoms with E-state index in [9.17, 15) is 18.0 Å². The van der Waals surface area contributed by atoms with Crippen LogP contribution < -0.4 is 5.32 Å². The Morgan fingerprint density at radius 3 is 2.11 bits per heavy atom. The van der Waals surface area contributed by atoms with Crippen LogP contribution in [0.25, 0.3) is 0 Å². The van der Waals surface area contributed by atoms with Gasteiger partial charge in [-0.2, -0.15) is 4.31 Å². The smallest absolute Gasteiger partial charge is 0.244 e. The Balaban J connectivity index is 2.00. The Morgan fingerprint density at radius 1 is 1.11 bits per heavy atom. The quantitative estimate of drug-likeness (QED) is 0.774. The van der Waals surface area contributed by atoms with Gasteiger partial charge in [0.05, 0.1) is 4.90 Å². The summed E-state index contributed by atoms with van der Waals surface area (Å²) in [6, 6.07) is 6.21. The first-order chi connectivity index (χ1) is 13.0. The first kappa shape index (κ1) is 22.4. The van der Waals surface area contributed by atoms with Gasteiger partial charge in [0.15, 0.2) is 0 Å². The van der Waals surface area contributed by atoms with Gasteiger partial charge in [-0.05, 0) is 37.8 Å². The van der Waals surface area contributed by atoms with E-state index in [0.29, 0.717) is 25.9 Å². The number of benzene rings is 1. The van der Waals surface area contributed by atoms with E-state index in [-0.39, 0.29) is 28.5 Å². The van der Waals surface area contributed by atoms with E-state index in [1.807, 2.05) is 20.8 Å². The number of amides is 2. The van der Waals surface area contributed by atoms with E-state index >= 15 is 0 Å².